The molecule has 0 aliphatic rings. The number of hydrogen-bond acceptors (Lipinski definition) is 6. The molecule has 2 aromatic carbocycles. The molecule has 1 N–H and O–H groups in total. The molecule has 0 aliphatic carbocycles. The smallest absolute Gasteiger partial charge is 0.336 e. The average Bonchev–Trinajstić information content (AvgIpc) is 2.67. The Labute approximate surface area is 171 Å². The van der Waals surface area contributed by atoms with E-state index >= 15 is 0 Å². The van der Waals surface area contributed by atoms with E-state index in [-0.39, 0.29) is 17.4 Å². The third-order valence-corrected chi connectivity index (χ3v) is 5.54. The second-order valence-corrected chi connectivity index (χ2v) is 8.11. The van der Waals surface area contributed by atoms with Crippen LogP contribution < -0.4 is 0 Å². The molecule has 29 heavy (non-hydrogen) atoms. The zero-order valence-electron chi connectivity index (χ0n) is 16.8. The molecule has 2 unspecified atom stereocenters. The van der Waals surface area contributed by atoms with Gasteiger partial charge in [-0.25, -0.2) is 4.79 Å². The van der Waals surface area contributed by atoms with Crippen LogP contribution in [0.4, 0.5) is 0 Å². The Hall–Kier alpha value is -2.71. The van der Waals surface area contributed by atoms with E-state index in [2.05, 4.69) is 4.40 Å². The van der Waals surface area contributed by atoms with Crippen molar-refractivity contribution in [1.29, 1.82) is 0 Å². The van der Waals surface area contributed by atoms with Crippen molar-refractivity contribution in [2.75, 3.05) is 13.7 Å². The third-order valence-electron chi connectivity index (χ3n) is 4.25. The molecule has 2 aromatic rings. The Morgan fingerprint density at radius 3 is 2.31 bits per heavy atom. The van der Waals surface area contributed by atoms with Gasteiger partial charge in [0, 0.05) is 0 Å². The van der Waals surface area contributed by atoms with Crippen LogP contribution in [-0.2, 0) is 24.3 Å². The Morgan fingerprint density at radius 2 is 1.76 bits per heavy atom. The molecule has 2 atom stereocenters. The number of aliphatic hydroxyl groups is 1. The number of hydrogen-bond donors (Lipinski definition) is 1. The second-order valence-electron chi connectivity index (χ2n) is 6.51. The lowest BCUT2D eigenvalue weighted by atomic mass is 9.92. The molecule has 0 aliphatic heterocycles. The van der Waals surface area contributed by atoms with Gasteiger partial charge in [0.1, 0.15) is 0 Å². The highest BCUT2D eigenvalue weighted by atomic mass is 32.2. The summed E-state index contributed by atoms with van der Waals surface area (Å²) in [6.45, 7) is 5.35. The predicted octanol–water partition coefficient (Wildman–Crippen LogP) is 2.74. The normalized spacial score (nSPS) is 14.2. The van der Waals surface area contributed by atoms with E-state index in [1.165, 1.54) is 19.2 Å². The molecule has 8 heteroatoms. The average molecular weight is 419 g/mol. The highest BCUT2D eigenvalue weighted by molar-refractivity contribution is 7.90. The van der Waals surface area contributed by atoms with Gasteiger partial charge >= 0.3 is 5.97 Å². The molecule has 156 valence electrons. The molecule has 0 spiro atoms. The van der Waals surface area contributed by atoms with E-state index in [1.54, 1.807) is 37.3 Å². The molecule has 0 bridgehead atoms. The molecule has 0 amide bonds. The van der Waals surface area contributed by atoms with Crippen LogP contribution in [0.15, 0.2) is 57.8 Å². The van der Waals surface area contributed by atoms with Gasteiger partial charge in [-0.05, 0) is 38.5 Å². The summed E-state index contributed by atoms with van der Waals surface area (Å²) < 4.78 is 39.5. The summed E-state index contributed by atoms with van der Waals surface area (Å²) in [5.41, 5.74) is 2.24. The molecule has 0 saturated heterocycles. The highest BCUT2D eigenvalue weighted by Crippen LogP contribution is 2.26. The molecule has 0 aromatic heterocycles. The lowest BCUT2D eigenvalue weighted by molar-refractivity contribution is -0.153. The van der Waals surface area contributed by atoms with Gasteiger partial charge in [-0.1, -0.05) is 47.5 Å². The Morgan fingerprint density at radius 1 is 1.10 bits per heavy atom. The molecule has 0 fully saturated rings. The number of aryl methyl sites for hydroxylation is 2. The first-order chi connectivity index (χ1) is 13.7. The van der Waals surface area contributed by atoms with Crippen molar-refractivity contribution >= 4 is 21.9 Å². The molecule has 0 saturated carbocycles. The number of aliphatic hydroxyl groups excluding tert-OH is 1. The number of esters is 1. The van der Waals surface area contributed by atoms with Crippen LogP contribution in [0, 0.1) is 13.8 Å². The highest BCUT2D eigenvalue weighted by Gasteiger charge is 2.35. The van der Waals surface area contributed by atoms with Crippen LogP contribution in [0.5, 0.6) is 0 Å². The van der Waals surface area contributed by atoms with Gasteiger partial charge in [-0.3, -0.25) is 0 Å². The van der Waals surface area contributed by atoms with Crippen LogP contribution in [0.25, 0.3) is 0 Å². The number of benzene rings is 2. The fraction of sp³-hybridized carbons (Fsp3) is 0.333. The van der Waals surface area contributed by atoms with Gasteiger partial charge in [0.2, 0.25) is 5.90 Å². The number of ether oxygens (including phenoxy) is 2. The first-order valence-corrected chi connectivity index (χ1v) is 10.5. The van der Waals surface area contributed by atoms with Crippen molar-refractivity contribution in [3.63, 3.8) is 0 Å². The topological polar surface area (TPSA) is 102 Å². The van der Waals surface area contributed by atoms with Crippen LogP contribution >= 0.6 is 0 Å². The van der Waals surface area contributed by atoms with E-state index < -0.39 is 28.0 Å². The summed E-state index contributed by atoms with van der Waals surface area (Å²) in [4.78, 5) is 12.2. The van der Waals surface area contributed by atoms with Gasteiger partial charge in [0.15, 0.2) is 6.10 Å². The minimum Gasteiger partial charge on any atom is -0.483 e. The van der Waals surface area contributed by atoms with Crippen molar-refractivity contribution in [3.05, 3.63) is 65.2 Å². The molecular weight excluding hydrogens is 394 g/mol. The SMILES string of the molecule is CCOC(=O)C(O)C(/C(=N/S(=O)(=O)c1ccc(C)cc1)OC)c1cccc(C)c1. The third kappa shape index (κ3) is 5.65. The lowest BCUT2D eigenvalue weighted by Crippen LogP contribution is -2.35. The second kappa shape index (κ2) is 9.67. The molecule has 0 heterocycles. The maximum Gasteiger partial charge on any atom is 0.336 e. The van der Waals surface area contributed by atoms with E-state index in [1.807, 2.05) is 19.9 Å². The Bertz CT molecular complexity index is 982. The maximum atomic E-state index is 12.8. The number of carbonyl (C=O) groups excluding carboxylic acids is 1. The number of methoxy groups -OCH3 is 1. The molecule has 0 radical (unpaired) electrons. The van der Waals surface area contributed by atoms with Crippen LogP contribution in [0.1, 0.15) is 29.5 Å². The summed E-state index contributed by atoms with van der Waals surface area (Å²) in [5.74, 6) is -2.35. The first-order valence-electron chi connectivity index (χ1n) is 9.06. The summed E-state index contributed by atoms with van der Waals surface area (Å²) >= 11 is 0. The number of nitrogens with zero attached hydrogens (tertiary/aromatic N) is 1. The largest absolute Gasteiger partial charge is 0.483 e. The van der Waals surface area contributed by atoms with E-state index in [4.69, 9.17) is 9.47 Å². The summed E-state index contributed by atoms with van der Waals surface area (Å²) in [7, 11) is -2.88. The van der Waals surface area contributed by atoms with Crippen LogP contribution in [0.3, 0.4) is 0 Å². The molecule has 2 rings (SSSR count). The van der Waals surface area contributed by atoms with Crippen molar-refractivity contribution < 1.29 is 27.8 Å². The van der Waals surface area contributed by atoms with Crippen LogP contribution in [-0.4, -0.2) is 45.2 Å². The van der Waals surface area contributed by atoms with E-state index in [0.29, 0.717) is 5.56 Å². The van der Waals surface area contributed by atoms with Gasteiger partial charge in [0.25, 0.3) is 10.0 Å². The fourth-order valence-electron chi connectivity index (χ4n) is 2.79. The minimum absolute atomic E-state index is 0.0220. The van der Waals surface area contributed by atoms with Gasteiger partial charge in [-0.2, -0.15) is 8.42 Å². The van der Waals surface area contributed by atoms with Crippen molar-refractivity contribution in [3.8, 4) is 0 Å². The van der Waals surface area contributed by atoms with Crippen molar-refractivity contribution in [1.82, 2.24) is 0 Å². The standard InChI is InChI=1S/C21H25NO6S/c1-5-28-21(24)19(23)18(16-8-6-7-15(3)13-16)20(27-4)22-29(25,26)17-11-9-14(2)10-12-17/h6-13,18-19,23H,5H2,1-4H3/b22-20-. The fourth-order valence-corrected chi connectivity index (χ4v) is 3.80. The number of rotatable bonds is 7. The molecule has 7 nitrogen and oxygen atoms in total. The number of carbonyl (C=O) groups is 1. The minimum atomic E-state index is -4.12. The number of sulfonamides is 1. The first kappa shape index (κ1) is 22.6. The Balaban J connectivity index is 2.57. The quantitative estimate of drug-likeness (QED) is 0.421. The maximum absolute atomic E-state index is 12.8. The van der Waals surface area contributed by atoms with Gasteiger partial charge in [0.05, 0.1) is 24.5 Å². The zero-order valence-corrected chi connectivity index (χ0v) is 17.6. The zero-order chi connectivity index (χ0) is 21.6. The van der Waals surface area contributed by atoms with E-state index in [9.17, 15) is 18.3 Å². The van der Waals surface area contributed by atoms with Crippen molar-refractivity contribution in [2.45, 2.75) is 37.7 Å². The van der Waals surface area contributed by atoms with E-state index in [0.717, 1.165) is 11.1 Å². The van der Waals surface area contributed by atoms with Crippen LogP contribution in [0.2, 0.25) is 0 Å². The van der Waals surface area contributed by atoms with Gasteiger partial charge in [-0.15, -0.1) is 4.40 Å². The van der Waals surface area contributed by atoms with Crippen molar-refractivity contribution in [2.24, 2.45) is 4.40 Å². The van der Waals surface area contributed by atoms with Gasteiger partial charge < -0.3 is 14.6 Å². The predicted molar refractivity (Wildman–Crippen MR) is 109 cm³/mol. The lowest BCUT2D eigenvalue weighted by Gasteiger charge is -2.23. The summed E-state index contributed by atoms with van der Waals surface area (Å²) in [5, 5.41) is 10.6. The summed E-state index contributed by atoms with van der Waals surface area (Å²) in [6.07, 6.45) is -1.69. The summed E-state index contributed by atoms with van der Waals surface area (Å²) in [6, 6.07) is 13.1. The monoisotopic (exact) mass is 419 g/mol. The molecular formula is C21H25NO6S. The Kier molecular flexibility index (Phi) is 7.53.